The first-order valence-electron chi connectivity index (χ1n) is 7.57. The smallest absolute Gasteiger partial charge is 0.266 e. The molecule has 0 aliphatic rings. The predicted molar refractivity (Wildman–Crippen MR) is 101 cm³/mol. The maximum atomic E-state index is 12.4. The molecule has 128 valence electrons. The Morgan fingerprint density at radius 3 is 2.80 bits per heavy atom. The third-order valence-corrected chi connectivity index (χ3v) is 3.75. The molecule has 0 saturated heterocycles. The summed E-state index contributed by atoms with van der Waals surface area (Å²) in [5, 5.41) is 12.1. The maximum absolute atomic E-state index is 12.4. The molecule has 5 nitrogen and oxygen atoms in total. The van der Waals surface area contributed by atoms with Crippen LogP contribution < -0.4 is 14.8 Å². The molecule has 0 aromatic heterocycles. The third-order valence-electron chi connectivity index (χ3n) is 3.26. The van der Waals surface area contributed by atoms with Crippen molar-refractivity contribution in [1.29, 1.82) is 5.26 Å². The van der Waals surface area contributed by atoms with E-state index in [-0.39, 0.29) is 5.57 Å². The van der Waals surface area contributed by atoms with Gasteiger partial charge >= 0.3 is 0 Å². The standard InChI is InChI=1S/C19H17BrN2O3/c1-3-25-17-6-4-5-16(11-17)22-19(23)14(12-21)9-13-10-15(20)7-8-18(13)24-2/h4-11H,3H2,1-2H3,(H,22,23)/b14-9-. The molecular weight excluding hydrogens is 384 g/mol. The Kier molecular flexibility index (Phi) is 6.61. The number of amides is 1. The van der Waals surface area contributed by atoms with Gasteiger partial charge in [0.2, 0.25) is 0 Å². The molecule has 0 bridgehead atoms. The highest BCUT2D eigenvalue weighted by atomic mass is 79.9. The van der Waals surface area contributed by atoms with Crippen LogP contribution in [-0.4, -0.2) is 19.6 Å². The number of benzene rings is 2. The van der Waals surface area contributed by atoms with Crippen LogP contribution in [-0.2, 0) is 4.79 Å². The second-order valence-electron chi connectivity index (χ2n) is 4.97. The van der Waals surface area contributed by atoms with Crippen molar-refractivity contribution in [3.05, 3.63) is 58.1 Å². The first kappa shape index (κ1) is 18.6. The van der Waals surface area contributed by atoms with Gasteiger partial charge in [0.15, 0.2) is 0 Å². The van der Waals surface area contributed by atoms with Crippen LogP contribution in [0.5, 0.6) is 11.5 Å². The molecule has 25 heavy (non-hydrogen) atoms. The molecule has 1 N–H and O–H groups in total. The van der Waals surface area contributed by atoms with Crippen LogP contribution in [0.15, 0.2) is 52.5 Å². The number of methoxy groups -OCH3 is 1. The van der Waals surface area contributed by atoms with Gasteiger partial charge in [0, 0.05) is 21.8 Å². The SMILES string of the molecule is CCOc1cccc(NC(=O)/C(C#N)=C\c2cc(Br)ccc2OC)c1. The van der Waals surface area contributed by atoms with Crippen molar-refractivity contribution in [2.45, 2.75) is 6.92 Å². The largest absolute Gasteiger partial charge is 0.496 e. The number of hydrogen-bond donors (Lipinski definition) is 1. The van der Waals surface area contributed by atoms with Gasteiger partial charge in [-0.05, 0) is 43.3 Å². The van der Waals surface area contributed by atoms with E-state index in [2.05, 4.69) is 21.2 Å². The molecule has 0 atom stereocenters. The number of carbonyl (C=O) groups excluding carboxylic acids is 1. The van der Waals surface area contributed by atoms with E-state index in [1.165, 1.54) is 13.2 Å². The molecule has 1 amide bonds. The fourth-order valence-electron chi connectivity index (χ4n) is 2.15. The van der Waals surface area contributed by atoms with E-state index in [0.29, 0.717) is 29.4 Å². The van der Waals surface area contributed by atoms with Gasteiger partial charge in [-0.25, -0.2) is 0 Å². The topological polar surface area (TPSA) is 71.3 Å². The number of hydrogen-bond acceptors (Lipinski definition) is 4. The monoisotopic (exact) mass is 400 g/mol. The van der Waals surface area contributed by atoms with E-state index in [4.69, 9.17) is 9.47 Å². The van der Waals surface area contributed by atoms with Crippen LogP contribution in [0.3, 0.4) is 0 Å². The number of ether oxygens (including phenoxy) is 2. The summed E-state index contributed by atoms with van der Waals surface area (Å²) in [6.45, 7) is 2.41. The van der Waals surface area contributed by atoms with Gasteiger partial charge in [0.25, 0.3) is 5.91 Å². The Labute approximate surface area is 155 Å². The second-order valence-corrected chi connectivity index (χ2v) is 5.89. The lowest BCUT2D eigenvalue weighted by Gasteiger charge is -2.08. The van der Waals surface area contributed by atoms with E-state index in [1.807, 2.05) is 19.1 Å². The molecular formula is C19H17BrN2O3. The van der Waals surface area contributed by atoms with Crippen molar-refractivity contribution in [2.24, 2.45) is 0 Å². The van der Waals surface area contributed by atoms with Crippen LogP contribution in [0.4, 0.5) is 5.69 Å². The molecule has 6 heteroatoms. The van der Waals surface area contributed by atoms with Gasteiger partial charge in [-0.3, -0.25) is 4.79 Å². The van der Waals surface area contributed by atoms with Crippen LogP contribution >= 0.6 is 15.9 Å². The van der Waals surface area contributed by atoms with Gasteiger partial charge in [-0.15, -0.1) is 0 Å². The summed E-state index contributed by atoms with van der Waals surface area (Å²) in [6, 6.07) is 14.3. The van der Waals surface area contributed by atoms with E-state index in [1.54, 1.807) is 36.4 Å². The average Bonchev–Trinajstić information content (AvgIpc) is 2.60. The number of nitrogens with zero attached hydrogens (tertiary/aromatic N) is 1. The van der Waals surface area contributed by atoms with Crippen molar-refractivity contribution in [3.63, 3.8) is 0 Å². The molecule has 0 saturated carbocycles. The number of nitriles is 1. The van der Waals surface area contributed by atoms with Crippen LogP contribution in [0.1, 0.15) is 12.5 Å². The minimum Gasteiger partial charge on any atom is -0.496 e. The Balaban J connectivity index is 2.26. The summed E-state index contributed by atoms with van der Waals surface area (Å²) in [5.74, 6) is 0.719. The van der Waals surface area contributed by atoms with Crippen LogP contribution in [0, 0.1) is 11.3 Å². The van der Waals surface area contributed by atoms with Crippen molar-refractivity contribution in [1.82, 2.24) is 0 Å². The fourth-order valence-corrected chi connectivity index (χ4v) is 2.53. The zero-order valence-corrected chi connectivity index (χ0v) is 15.5. The van der Waals surface area contributed by atoms with Gasteiger partial charge in [0.05, 0.1) is 13.7 Å². The summed E-state index contributed by atoms with van der Waals surface area (Å²) in [6.07, 6.45) is 1.49. The highest BCUT2D eigenvalue weighted by Gasteiger charge is 2.12. The number of nitrogens with one attached hydrogen (secondary N) is 1. The molecule has 0 aliphatic carbocycles. The summed E-state index contributed by atoms with van der Waals surface area (Å²) in [5.41, 5.74) is 1.16. The minimum atomic E-state index is -0.502. The molecule has 0 aliphatic heterocycles. The Morgan fingerprint density at radius 1 is 1.32 bits per heavy atom. The Morgan fingerprint density at radius 2 is 2.12 bits per heavy atom. The van der Waals surface area contributed by atoms with E-state index in [0.717, 1.165) is 4.47 Å². The van der Waals surface area contributed by atoms with Gasteiger partial charge in [0.1, 0.15) is 23.1 Å². The molecule has 0 spiro atoms. The molecule has 0 fully saturated rings. The summed E-state index contributed by atoms with van der Waals surface area (Å²) < 4.78 is 11.5. The number of rotatable bonds is 6. The number of carbonyl (C=O) groups is 1. The second kappa shape index (κ2) is 8.90. The number of halogens is 1. The highest BCUT2D eigenvalue weighted by molar-refractivity contribution is 9.10. The Bertz CT molecular complexity index is 841. The van der Waals surface area contributed by atoms with Crippen molar-refractivity contribution >= 4 is 33.6 Å². The lowest BCUT2D eigenvalue weighted by Crippen LogP contribution is -2.13. The van der Waals surface area contributed by atoms with E-state index >= 15 is 0 Å². The summed E-state index contributed by atoms with van der Waals surface area (Å²) >= 11 is 3.37. The van der Waals surface area contributed by atoms with Gasteiger partial charge in [-0.1, -0.05) is 22.0 Å². The Hall–Kier alpha value is -2.78. The molecule has 0 unspecified atom stereocenters. The van der Waals surface area contributed by atoms with Crippen LogP contribution in [0.2, 0.25) is 0 Å². The molecule has 0 heterocycles. The van der Waals surface area contributed by atoms with E-state index < -0.39 is 5.91 Å². The fraction of sp³-hybridized carbons (Fsp3) is 0.158. The molecule has 2 aromatic rings. The van der Waals surface area contributed by atoms with Crippen molar-refractivity contribution in [2.75, 3.05) is 19.0 Å². The normalized spacial score (nSPS) is 10.7. The molecule has 0 radical (unpaired) electrons. The molecule has 2 rings (SSSR count). The minimum absolute atomic E-state index is 0.0294. The quantitative estimate of drug-likeness (QED) is 0.575. The highest BCUT2D eigenvalue weighted by Crippen LogP contribution is 2.25. The first-order valence-corrected chi connectivity index (χ1v) is 8.36. The zero-order chi connectivity index (χ0) is 18.2. The van der Waals surface area contributed by atoms with Gasteiger partial charge in [-0.2, -0.15) is 5.26 Å². The average molecular weight is 401 g/mol. The maximum Gasteiger partial charge on any atom is 0.266 e. The molecule has 2 aromatic carbocycles. The summed E-state index contributed by atoms with van der Waals surface area (Å²) in [7, 11) is 1.53. The van der Waals surface area contributed by atoms with Crippen molar-refractivity contribution in [3.8, 4) is 17.6 Å². The third kappa shape index (κ3) is 5.10. The van der Waals surface area contributed by atoms with Crippen molar-refractivity contribution < 1.29 is 14.3 Å². The van der Waals surface area contributed by atoms with Gasteiger partial charge < -0.3 is 14.8 Å². The van der Waals surface area contributed by atoms with E-state index in [9.17, 15) is 10.1 Å². The lowest BCUT2D eigenvalue weighted by atomic mass is 10.1. The predicted octanol–water partition coefficient (Wildman–Crippen LogP) is 4.40. The van der Waals surface area contributed by atoms with Crippen LogP contribution in [0.25, 0.3) is 6.08 Å². The summed E-state index contributed by atoms with van der Waals surface area (Å²) in [4.78, 5) is 12.4. The lowest BCUT2D eigenvalue weighted by molar-refractivity contribution is -0.112. The first-order chi connectivity index (χ1) is 12.1. The number of anilines is 1. The zero-order valence-electron chi connectivity index (χ0n) is 13.9.